The smallest absolute Gasteiger partial charge is 0.323 e. The number of nitro groups is 1. The number of carbonyl (C=O) groups excluding carboxylic acids is 1. The van der Waals surface area contributed by atoms with Gasteiger partial charge in [-0.1, -0.05) is 12.1 Å². The minimum Gasteiger partial charge on any atom is -0.480 e. The average Bonchev–Trinajstić information content (AvgIpc) is 2.42. The van der Waals surface area contributed by atoms with E-state index in [1.807, 2.05) is 0 Å². The van der Waals surface area contributed by atoms with Crippen molar-refractivity contribution in [2.24, 2.45) is 0 Å². The van der Waals surface area contributed by atoms with Crippen molar-refractivity contribution in [3.05, 3.63) is 39.9 Å². The maximum Gasteiger partial charge on any atom is 0.323 e. The normalized spacial score (nSPS) is 10.4. The number of aryl methyl sites for hydroxylation is 1. The molecule has 0 aliphatic heterocycles. The van der Waals surface area contributed by atoms with Gasteiger partial charge in [-0.15, -0.1) is 0 Å². The third-order valence-corrected chi connectivity index (χ3v) is 3.00. The van der Waals surface area contributed by atoms with Gasteiger partial charge in [0.1, 0.15) is 6.54 Å². The summed E-state index contributed by atoms with van der Waals surface area (Å²) in [4.78, 5) is 34.2. The molecule has 0 spiro atoms. The van der Waals surface area contributed by atoms with Gasteiger partial charge in [0, 0.05) is 24.6 Å². The van der Waals surface area contributed by atoms with E-state index < -0.39 is 10.9 Å². The van der Waals surface area contributed by atoms with Crippen molar-refractivity contribution < 1.29 is 19.6 Å². The molecule has 0 saturated heterocycles. The third kappa shape index (κ3) is 5.21. The summed E-state index contributed by atoms with van der Waals surface area (Å²) in [6.45, 7) is 3.15. The van der Waals surface area contributed by atoms with E-state index in [4.69, 9.17) is 5.11 Å². The Kier molecular flexibility index (Phi) is 5.83. The summed E-state index contributed by atoms with van der Waals surface area (Å²) in [5.41, 5.74) is 0.655. The highest BCUT2D eigenvalue weighted by Gasteiger charge is 2.19. The van der Waals surface area contributed by atoms with E-state index in [1.165, 1.54) is 17.0 Å². The predicted molar refractivity (Wildman–Crippen MR) is 75.9 cm³/mol. The quantitative estimate of drug-likeness (QED) is 0.611. The molecule has 1 aromatic carbocycles. The summed E-state index contributed by atoms with van der Waals surface area (Å²) in [7, 11) is 0. The van der Waals surface area contributed by atoms with Gasteiger partial charge < -0.3 is 10.0 Å². The molecule has 1 rings (SSSR count). The van der Waals surface area contributed by atoms with E-state index in [1.54, 1.807) is 26.0 Å². The van der Waals surface area contributed by atoms with E-state index in [2.05, 4.69) is 0 Å². The van der Waals surface area contributed by atoms with E-state index in [0.717, 1.165) is 0 Å². The van der Waals surface area contributed by atoms with Crippen molar-refractivity contribution in [1.29, 1.82) is 0 Å². The molecule has 114 valence electrons. The van der Waals surface area contributed by atoms with Crippen LogP contribution in [0.3, 0.4) is 0 Å². The third-order valence-electron chi connectivity index (χ3n) is 3.00. The number of nitro benzene ring substituents is 1. The lowest BCUT2D eigenvalue weighted by atomic mass is 10.1. The van der Waals surface area contributed by atoms with Gasteiger partial charge in [0.2, 0.25) is 5.91 Å². The van der Waals surface area contributed by atoms with Crippen LogP contribution >= 0.6 is 0 Å². The molecule has 1 N–H and O–H groups in total. The highest BCUT2D eigenvalue weighted by Crippen LogP contribution is 2.15. The zero-order chi connectivity index (χ0) is 16.0. The summed E-state index contributed by atoms with van der Waals surface area (Å²) in [6, 6.07) is 5.87. The number of rotatable bonds is 7. The predicted octanol–water partition coefficient (Wildman–Crippen LogP) is 1.85. The molecule has 0 aliphatic carbocycles. The fourth-order valence-corrected chi connectivity index (χ4v) is 1.92. The van der Waals surface area contributed by atoms with Crippen LogP contribution < -0.4 is 0 Å². The average molecular weight is 294 g/mol. The summed E-state index contributed by atoms with van der Waals surface area (Å²) < 4.78 is 0. The van der Waals surface area contributed by atoms with Gasteiger partial charge >= 0.3 is 5.97 Å². The Morgan fingerprint density at radius 2 is 2.05 bits per heavy atom. The first-order valence-electron chi connectivity index (χ1n) is 6.56. The number of non-ortho nitro benzene ring substituents is 1. The lowest BCUT2D eigenvalue weighted by Crippen LogP contribution is -2.40. The maximum absolute atomic E-state index is 12.0. The Balaban J connectivity index is 2.68. The van der Waals surface area contributed by atoms with Crippen LogP contribution in [0.25, 0.3) is 0 Å². The van der Waals surface area contributed by atoms with Gasteiger partial charge in [0.25, 0.3) is 5.69 Å². The van der Waals surface area contributed by atoms with Crippen LogP contribution in [0.2, 0.25) is 0 Å². The molecular formula is C14H18N2O5. The van der Waals surface area contributed by atoms with Gasteiger partial charge in [-0.05, 0) is 25.8 Å². The summed E-state index contributed by atoms with van der Waals surface area (Å²) >= 11 is 0. The van der Waals surface area contributed by atoms with Crippen molar-refractivity contribution in [2.45, 2.75) is 32.7 Å². The molecule has 7 nitrogen and oxygen atoms in total. The molecule has 0 bridgehead atoms. The molecule has 7 heteroatoms. The largest absolute Gasteiger partial charge is 0.480 e. The molecule has 1 aromatic rings. The molecule has 0 fully saturated rings. The van der Waals surface area contributed by atoms with Crippen LogP contribution in [0.15, 0.2) is 24.3 Å². The minimum atomic E-state index is -1.06. The summed E-state index contributed by atoms with van der Waals surface area (Å²) in [5, 5.41) is 19.5. The molecule has 0 radical (unpaired) electrons. The number of carboxylic acids is 1. The van der Waals surface area contributed by atoms with E-state index in [9.17, 15) is 19.7 Å². The Morgan fingerprint density at radius 3 is 2.57 bits per heavy atom. The lowest BCUT2D eigenvalue weighted by molar-refractivity contribution is -0.384. The standard InChI is InChI=1S/C14H18N2O5/c1-10(2)15(9-14(18)19)13(17)7-6-11-4-3-5-12(8-11)16(20)21/h3-5,8,10H,6-7,9H2,1-2H3,(H,18,19). The Hall–Kier alpha value is -2.44. The number of amides is 1. The number of nitrogens with zero attached hydrogens (tertiary/aromatic N) is 2. The molecule has 0 aromatic heterocycles. The second-order valence-electron chi connectivity index (χ2n) is 4.94. The fraction of sp³-hybridized carbons (Fsp3) is 0.429. The fourth-order valence-electron chi connectivity index (χ4n) is 1.92. The zero-order valence-corrected chi connectivity index (χ0v) is 12.0. The number of carbonyl (C=O) groups is 2. The van der Waals surface area contributed by atoms with Crippen LogP contribution in [-0.4, -0.2) is 39.4 Å². The number of carboxylic acid groups (broad SMARTS) is 1. The van der Waals surface area contributed by atoms with Crippen molar-refractivity contribution in [1.82, 2.24) is 4.90 Å². The molecule has 0 aliphatic rings. The van der Waals surface area contributed by atoms with Crippen molar-refractivity contribution in [2.75, 3.05) is 6.54 Å². The first kappa shape index (κ1) is 16.6. The van der Waals surface area contributed by atoms with E-state index in [0.29, 0.717) is 12.0 Å². The summed E-state index contributed by atoms with van der Waals surface area (Å²) in [6.07, 6.45) is 0.454. The summed E-state index contributed by atoms with van der Waals surface area (Å²) in [5.74, 6) is -1.34. The van der Waals surface area contributed by atoms with Crippen LogP contribution in [0.1, 0.15) is 25.8 Å². The van der Waals surface area contributed by atoms with Gasteiger partial charge in [-0.3, -0.25) is 19.7 Å². The van der Waals surface area contributed by atoms with Gasteiger partial charge in [-0.25, -0.2) is 0 Å². The number of hydrogen-bond acceptors (Lipinski definition) is 4. The zero-order valence-electron chi connectivity index (χ0n) is 12.0. The van der Waals surface area contributed by atoms with Crippen molar-refractivity contribution >= 4 is 17.6 Å². The van der Waals surface area contributed by atoms with Crippen LogP contribution in [0, 0.1) is 10.1 Å². The van der Waals surface area contributed by atoms with E-state index >= 15 is 0 Å². The molecule has 0 heterocycles. The Labute approximate surface area is 122 Å². The first-order valence-corrected chi connectivity index (χ1v) is 6.56. The highest BCUT2D eigenvalue weighted by atomic mass is 16.6. The molecule has 0 unspecified atom stereocenters. The molecular weight excluding hydrogens is 276 g/mol. The number of hydrogen-bond donors (Lipinski definition) is 1. The molecule has 0 saturated carbocycles. The maximum atomic E-state index is 12.0. The lowest BCUT2D eigenvalue weighted by Gasteiger charge is -2.24. The minimum absolute atomic E-state index is 0.0220. The van der Waals surface area contributed by atoms with Gasteiger partial charge in [-0.2, -0.15) is 0 Å². The Bertz CT molecular complexity index is 542. The van der Waals surface area contributed by atoms with Crippen LogP contribution in [0.5, 0.6) is 0 Å². The highest BCUT2D eigenvalue weighted by molar-refractivity contribution is 5.81. The second-order valence-corrected chi connectivity index (χ2v) is 4.94. The monoisotopic (exact) mass is 294 g/mol. The number of benzene rings is 1. The van der Waals surface area contributed by atoms with Crippen LogP contribution in [-0.2, 0) is 16.0 Å². The van der Waals surface area contributed by atoms with Crippen molar-refractivity contribution in [3.8, 4) is 0 Å². The van der Waals surface area contributed by atoms with Crippen LogP contribution in [0.4, 0.5) is 5.69 Å². The SMILES string of the molecule is CC(C)N(CC(=O)O)C(=O)CCc1cccc([N+](=O)[O-])c1. The molecule has 1 amide bonds. The van der Waals surface area contributed by atoms with Crippen molar-refractivity contribution in [3.63, 3.8) is 0 Å². The molecule has 21 heavy (non-hydrogen) atoms. The Morgan fingerprint density at radius 1 is 1.38 bits per heavy atom. The second kappa shape index (κ2) is 7.37. The number of aliphatic carboxylic acids is 1. The van der Waals surface area contributed by atoms with Gasteiger partial charge in [0.05, 0.1) is 4.92 Å². The van der Waals surface area contributed by atoms with E-state index in [-0.39, 0.29) is 30.6 Å². The first-order chi connectivity index (χ1) is 9.81. The topological polar surface area (TPSA) is 101 Å². The molecule has 0 atom stereocenters. The van der Waals surface area contributed by atoms with Gasteiger partial charge in [0.15, 0.2) is 0 Å².